The van der Waals surface area contributed by atoms with E-state index in [0.717, 1.165) is 35.1 Å². The monoisotopic (exact) mass is 459 g/mol. The Morgan fingerprint density at radius 3 is 2.59 bits per heavy atom. The van der Waals surface area contributed by atoms with Crippen LogP contribution in [0, 0.1) is 6.92 Å². The van der Waals surface area contributed by atoms with Crippen LogP contribution in [0.3, 0.4) is 0 Å². The predicted molar refractivity (Wildman–Crippen MR) is 135 cm³/mol. The fraction of sp³-hybridized carbons (Fsp3) is 0.280. The molecule has 0 bridgehead atoms. The molecule has 1 heterocycles. The molecule has 3 aromatic rings. The number of carbonyl (C=O) groups excluding carboxylic acids is 1. The number of aryl methyl sites for hydroxylation is 1. The molecule has 176 valence electrons. The first-order chi connectivity index (χ1) is 16.3. The van der Waals surface area contributed by atoms with Crippen molar-refractivity contribution in [2.45, 2.75) is 38.9 Å². The molecule has 9 nitrogen and oxygen atoms in total. The van der Waals surface area contributed by atoms with Gasteiger partial charge in [0.2, 0.25) is 5.91 Å². The maximum Gasteiger partial charge on any atom is 0.294 e. The molecule has 1 aliphatic rings. The molecule has 2 aromatic carbocycles. The van der Waals surface area contributed by atoms with Crippen molar-refractivity contribution in [2.75, 3.05) is 18.1 Å². The number of hydrogen-bond donors (Lipinski definition) is 4. The normalized spacial score (nSPS) is 13.5. The van der Waals surface area contributed by atoms with Gasteiger partial charge in [-0.15, -0.1) is 0 Å². The zero-order chi connectivity index (χ0) is 24.2. The van der Waals surface area contributed by atoms with Crippen molar-refractivity contribution >= 4 is 23.2 Å². The molecule has 0 aliphatic heterocycles. The lowest BCUT2D eigenvalue weighted by Crippen LogP contribution is -2.34. The Labute approximate surface area is 197 Å². The molecular formula is C25H29N7O2. The van der Waals surface area contributed by atoms with E-state index in [2.05, 4.69) is 20.6 Å². The number of rotatable bonds is 8. The minimum Gasteiger partial charge on any atom is -0.399 e. The highest BCUT2D eigenvalue weighted by Gasteiger charge is 2.24. The molecule has 1 aromatic heterocycles. The number of anilines is 2. The lowest BCUT2D eigenvalue weighted by molar-refractivity contribution is -0.121. The quantitative estimate of drug-likeness (QED) is 0.231. The van der Waals surface area contributed by atoms with Gasteiger partial charge in [-0.05, 0) is 49.1 Å². The third kappa shape index (κ3) is 5.43. The molecular weight excluding hydrogens is 430 g/mol. The summed E-state index contributed by atoms with van der Waals surface area (Å²) in [4.78, 5) is 34.4. The smallest absolute Gasteiger partial charge is 0.294 e. The highest BCUT2D eigenvalue weighted by atomic mass is 16.2. The highest BCUT2D eigenvalue weighted by Crippen LogP contribution is 2.25. The van der Waals surface area contributed by atoms with E-state index in [0.29, 0.717) is 23.8 Å². The van der Waals surface area contributed by atoms with Crippen LogP contribution < -0.4 is 27.7 Å². The van der Waals surface area contributed by atoms with Gasteiger partial charge in [0, 0.05) is 36.4 Å². The van der Waals surface area contributed by atoms with Crippen LogP contribution in [0.15, 0.2) is 58.4 Å². The van der Waals surface area contributed by atoms with Crippen molar-refractivity contribution in [1.29, 1.82) is 0 Å². The van der Waals surface area contributed by atoms with Crippen molar-refractivity contribution in [1.82, 2.24) is 14.9 Å². The number of amidine groups is 1. The molecule has 0 spiro atoms. The SMILES string of the molecule is CN=C(N)c1ccc(CNC(=O)Cn2c(-c3cc(C)cc(N)c3)cnc(NC3CC3)c2=O)cc1. The van der Waals surface area contributed by atoms with Crippen LogP contribution in [0.25, 0.3) is 11.3 Å². The average molecular weight is 460 g/mol. The minimum atomic E-state index is -0.335. The van der Waals surface area contributed by atoms with Gasteiger partial charge in [0.25, 0.3) is 5.56 Å². The molecule has 0 atom stereocenters. The zero-order valence-electron chi connectivity index (χ0n) is 19.3. The maximum absolute atomic E-state index is 13.2. The number of hydrogen-bond acceptors (Lipinski definition) is 6. The first-order valence-corrected chi connectivity index (χ1v) is 11.2. The van der Waals surface area contributed by atoms with Crippen LogP contribution in [0.5, 0.6) is 0 Å². The van der Waals surface area contributed by atoms with Crippen LogP contribution in [0.2, 0.25) is 0 Å². The highest BCUT2D eigenvalue weighted by molar-refractivity contribution is 5.97. The summed E-state index contributed by atoms with van der Waals surface area (Å²) in [7, 11) is 1.63. The second kappa shape index (κ2) is 9.78. The molecule has 4 rings (SSSR count). The van der Waals surface area contributed by atoms with Gasteiger partial charge in [-0.2, -0.15) is 0 Å². The van der Waals surface area contributed by atoms with Crippen LogP contribution >= 0.6 is 0 Å². The zero-order valence-corrected chi connectivity index (χ0v) is 19.3. The molecule has 34 heavy (non-hydrogen) atoms. The summed E-state index contributed by atoms with van der Waals surface area (Å²) >= 11 is 0. The summed E-state index contributed by atoms with van der Waals surface area (Å²) in [5.41, 5.74) is 16.0. The molecule has 6 N–H and O–H groups in total. The largest absolute Gasteiger partial charge is 0.399 e. The Bertz CT molecular complexity index is 1270. The van der Waals surface area contributed by atoms with Gasteiger partial charge in [-0.3, -0.25) is 19.1 Å². The fourth-order valence-electron chi connectivity index (χ4n) is 3.68. The standard InChI is InChI=1S/C25H29N7O2/c1-15-9-18(11-19(26)10-15)21-13-30-24(31-20-7-8-20)25(34)32(21)14-22(33)29-12-16-3-5-17(6-4-16)23(27)28-2/h3-6,9-11,13,20H,7-8,12,14,26H2,1-2H3,(H2,27,28)(H,29,33)(H,30,31). The van der Waals surface area contributed by atoms with E-state index in [9.17, 15) is 9.59 Å². The Kier molecular flexibility index (Phi) is 6.62. The summed E-state index contributed by atoms with van der Waals surface area (Å²) < 4.78 is 1.45. The Hall–Kier alpha value is -4.14. The van der Waals surface area contributed by atoms with E-state index in [1.807, 2.05) is 43.3 Å². The van der Waals surface area contributed by atoms with Gasteiger partial charge in [-0.1, -0.05) is 24.3 Å². The van der Waals surface area contributed by atoms with Crippen molar-refractivity contribution in [3.63, 3.8) is 0 Å². The van der Waals surface area contributed by atoms with Crippen molar-refractivity contribution in [3.8, 4) is 11.3 Å². The van der Waals surface area contributed by atoms with Gasteiger partial charge >= 0.3 is 0 Å². The second-order valence-corrected chi connectivity index (χ2v) is 8.52. The third-order valence-corrected chi connectivity index (χ3v) is 5.65. The first-order valence-electron chi connectivity index (χ1n) is 11.2. The van der Waals surface area contributed by atoms with Gasteiger partial charge in [-0.25, -0.2) is 4.98 Å². The first kappa shape index (κ1) is 23.0. The lowest BCUT2D eigenvalue weighted by Gasteiger charge is -2.16. The number of nitrogens with two attached hydrogens (primary N) is 2. The lowest BCUT2D eigenvalue weighted by atomic mass is 10.1. The molecule has 1 saturated carbocycles. The van der Waals surface area contributed by atoms with E-state index in [-0.39, 0.29) is 29.9 Å². The van der Waals surface area contributed by atoms with Crippen molar-refractivity contribution in [2.24, 2.45) is 10.7 Å². The molecule has 9 heteroatoms. The van der Waals surface area contributed by atoms with Crippen molar-refractivity contribution in [3.05, 3.63) is 75.7 Å². The van der Waals surface area contributed by atoms with Crippen LogP contribution in [0.4, 0.5) is 11.5 Å². The van der Waals surface area contributed by atoms with Gasteiger partial charge < -0.3 is 22.1 Å². The van der Waals surface area contributed by atoms with E-state index in [1.165, 1.54) is 4.57 Å². The maximum atomic E-state index is 13.2. The number of amides is 1. The Morgan fingerprint density at radius 2 is 1.94 bits per heavy atom. The summed E-state index contributed by atoms with van der Waals surface area (Å²) in [6, 6.07) is 13.3. The Morgan fingerprint density at radius 1 is 1.21 bits per heavy atom. The summed E-state index contributed by atoms with van der Waals surface area (Å²) in [6.07, 6.45) is 3.63. The number of nitrogens with one attached hydrogen (secondary N) is 2. The van der Waals surface area contributed by atoms with E-state index in [1.54, 1.807) is 19.3 Å². The second-order valence-electron chi connectivity index (χ2n) is 8.52. The molecule has 1 amide bonds. The van der Waals surface area contributed by atoms with Crippen molar-refractivity contribution < 1.29 is 4.79 Å². The van der Waals surface area contributed by atoms with Gasteiger partial charge in [0.05, 0.1) is 11.9 Å². The van der Waals surface area contributed by atoms with E-state index >= 15 is 0 Å². The predicted octanol–water partition coefficient (Wildman–Crippen LogP) is 2.03. The fourth-order valence-corrected chi connectivity index (χ4v) is 3.68. The van der Waals surface area contributed by atoms with E-state index in [4.69, 9.17) is 11.5 Å². The van der Waals surface area contributed by atoms with Crippen LogP contribution in [-0.2, 0) is 17.9 Å². The average Bonchev–Trinajstić information content (AvgIpc) is 3.63. The van der Waals surface area contributed by atoms with Gasteiger partial charge in [0.15, 0.2) is 5.82 Å². The van der Waals surface area contributed by atoms with Crippen LogP contribution in [-0.4, -0.2) is 34.4 Å². The topological polar surface area (TPSA) is 140 Å². The number of carbonyl (C=O) groups is 1. The minimum absolute atomic E-state index is 0.141. The van der Waals surface area contributed by atoms with Crippen LogP contribution in [0.1, 0.15) is 29.5 Å². The summed E-state index contributed by atoms with van der Waals surface area (Å²) in [6.45, 7) is 2.11. The summed E-state index contributed by atoms with van der Waals surface area (Å²) in [5, 5.41) is 6.04. The number of aliphatic imine (C=N–C) groups is 1. The third-order valence-electron chi connectivity index (χ3n) is 5.65. The Balaban J connectivity index is 1.56. The molecule has 0 unspecified atom stereocenters. The molecule has 1 aliphatic carbocycles. The molecule has 0 saturated heterocycles. The molecule has 1 fully saturated rings. The number of benzene rings is 2. The molecule has 0 radical (unpaired) electrons. The number of nitrogen functional groups attached to an aromatic ring is 1. The van der Waals surface area contributed by atoms with Gasteiger partial charge in [0.1, 0.15) is 12.4 Å². The van der Waals surface area contributed by atoms with E-state index < -0.39 is 0 Å². The number of nitrogens with zero attached hydrogens (tertiary/aromatic N) is 3. The summed E-state index contributed by atoms with van der Waals surface area (Å²) in [5.74, 6) is 0.421. The number of aromatic nitrogens is 2.